The SMILES string of the molecule is Cc1cccc2cc(/C=C/C(=O)NCCCCN3CCc4ccc(OS(=O)(=O)C(F)(F)F)cc4C3)[nH]c12. The maximum Gasteiger partial charge on any atom is 0.534 e. The Hall–Kier alpha value is -3.31. The van der Waals surface area contributed by atoms with E-state index >= 15 is 0 Å². The van der Waals surface area contributed by atoms with Crippen molar-refractivity contribution in [2.24, 2.45) is 0 Å². The second-order valence-electron chi connectivity index (χ2n) is 9.04. The molecule has 0 bridgehead atoms. The van der Waals surface area contributed by atoms with E-state index in [0.717, 1.165) is 59.2 Å². The molecule has 1 amide bonds. The van der Waals surface area contributed by atoms with Crippen LogP contribution in [0.4, 0.5) is 13.2 Å². The van der Waals surface area contributed by atoms with E-state index in [4.69, 9.17) is 0 Å². The summed E-state index contributed by atoms with van der Waals surface area (Å²) in [6.45, 7) is 4.56. The number of unbranched alkanes of at least 4 members (excludes halogenated alkanes) is 1. The smallest absolute Gasteiger partial charge is 0.376 e. The summed E-state index contributed by atoms with van der Waals surface area (Å²) in [5, 5.41) is 3.96. The van der Waals surface area contributed by atoms with E-state index in [1.54, 1.807) is 12.1 Å². The number of nitrogens with one attached hydrogen (secondary N) is 2. The maximum atomic E-state index is 12.6. The van der Waals surface area contributed by atoms with Crippen LogP contribution in [-0.4, -0.2) is 49.4 Å². The van der Waals surface area contributed by atoms with Gasteiger partial charge in [-0.2, -0.15) is 21.6 Å². The number of benzene rings is 2. The number of aromatic amines is 1. The highest BCUT2D eigenvalue weighted by Gasteiger charge is 2.48. The number of amides is 1. The van der Waals surface area contributed by atoms with Gasteiger partial charge in [0.05, 0.1) is 0 Å². The molecule has 0 atom stereocenters. The molecule has 0 radical (unpaired) electrons. The largest absolute Gasteiger partial charge is 0.534 e. The van der Waals surface area contributed by atoms with E-state index in [-0.39, 0.29) is 11.7 Å². The number of H-pyrrole nitrogens is 1. The van der Waals surface area contributed by atoms with Crippen molar-refractivity contribution in [2.75, 3.05) is 19.6 Å². The Morgan fingerprint density at radius 2 is 1.97 bits per heavy atom. The van der Waals surface area contributed by atoms with E-state index in [9.17, 15) is 26.4 Å². The van der Waals surface area contributed by atoms with Crippen LogP contribution < -0.4 is 9.50 Å². The molecule has 0 fully saturated rings. The highest BCUT2D eigenvalue weighted by Crippen LogP contribution is 2.29. The van der Waals surface area contributed by atoms with Gasteiger partial charge in [0, 0.05) is 42.3 Å². The molecule has 37 heavy (non-hydrogen) atoms. The molecular weight excluding hydrogens is 507 g/mol. The molecule has 1 aliphatic rings. The number of carbonyl (C=O) groups excluding carboxylic acids is 1. The number of alkyl halides is 3. The van der Waals surface area contributed by atoms with Crippen LogP contribution in [0.3, 0.4) is 0 Å². The normalized spacial score (nSPS) is 14.7. The number of para-hydroxylation sites is 1. The van der Waals surface area contributed by atoms with Crippen LogP contribution in [0, 0.1) is 6.92 Å². The number of hydrogen-bond acceptors (Lipinski definition) is 5. The topological polar surface area (TPSA) is 91.5 Å². The van der Waals surface area contributed by atoms with Crippen molar-refractivity contribution in [1.82, 2.24) is 15.2 Å². The van der Waals surface area contributed by atoms with Gasteiger partial charge in [0.25, 0.3) is 0 Å². The molecule has 3 aromatic rings. The highest BCUT2D eigenvalue weighted by molar-refractivity contribution is 7.88. The lowest BCUT2D eigenvalue weighted by atomic mass is 9.99. The van der Waals surface area contributed by atoms with Crippen LogP contribution in [0.5, 0.6) is 5.75 Å². The number of aromatic nitrogens is 1. The molecule has 1 aromatic heterocycles. The molecule has 0 aliphatic carbocycles. The molecule has 4 rings (SSSR count). The zero-order valence-electron chi connectivity index (χ0n) is 20.3. The zero-order chi connectivity index (χ0) is 26.6. The molecule has 0 spiro atoms. The molecule has 7 nitrogen and oxygen atoms in total. The van der Waals surface area contributed by atoms with Crippen molar-refractivity contribution < 1.29 is 30.6 Å². The lowest BCUT2D eigenvalue weighted by Crippen LogP contribution is -2.32. The number of fused-ring (bicyclic) bond motifs is 2. The summed E-state index contributed by atoms with van der Waals surface area (Å²) in [7, 11) is -5.70. The summed E-state index contributed by atoms with van der Waals surface area (Å²) >= 11 is 0. The minimum Gasteiger partial charge on any atom is -0.376 e. The monoisotopic (exact) mass is 535 g/mol. The summed E-state index contributed by atoms with van der Waals surface area (Å²) in [6, 6.07) is 12.2. The minimum atomic E-state index is -5.70. The molecule has 0 saturated carbocycles. The van der Waals surface area contributed by atoms with Gasteiger partial charge in [0.1, 0.15) is 5.75 Å². The van der Waals surface area contributed by atoms with E-state index in [2.05, 4.69) is 19.4 Å². The molecule has 198 valence electrons. The maximum absolute atomic E-state index is 12.6. The average Bonchev–Trinajstić information content (AvgIpc) is 3.26. The first kappa shape index (κ1) is 26.7. The Kier molecular flexibility index (Phi) is 7.93. The van der Waals surface area contributed by atoms with Crippen molar-refractivity contribution in [2.45, 2.75) is 38.2 Å². The third-order valence-electron chi connectivity index (χ3n) is 6.26. The van der Waals surface area contributed by atoms with E-state index in [1.165, 1.54) is 18.2 Å². The number of halogens is 3. The Morgan fingerprint density at radius 1 is 1.16 bits per heavy atom. The van der Waals surface area contributed by atoms with Gasteiger partial charge in [-0.25, -0.2) is 0 Å². The Bertz CT molecular complexity index is 1410. The lowest BCUT2D eigenvalue weighted by Gasteiger charge is -2.29. The number of rotatable bonds is 9. The highest BCUT2D eigenvalue weighted by atomic mass is 32.2. The average molecular weight is 536 g/mol. The fourth-order valence-electron chi connectivity index (χ4n) is 4.32. The molecule has 0 saturated heterocycles. The molecule has 0 unspecified atom stereocenters. The second-order valence-corrected chi connectivity index (χ2v) is 10.6. The minimum absolute atomic E-state index is 0.177. The molecule has 1 aliphatic heterocycles. The van der Waals surface area contributed by atoms with Gasteiger partial charge in [-0.3, -0.25) is 9.69 Å². The van der Waals surface area contributed by atoms with Gasteiger partial charge in [0.15, 0.2) is 0 Å². The number of hydrogen-bond donors (Lipinski definition) is 2. The number of aryl methyl sites for hydroxylation is 1. The Labute approximate surface area is 213 Å². The van der Waals surface area contributed by atoms with E-state index in [1.807, 2.05) is 31.2 Å². The van der Waals surface area contributed by atoms with Crippen LogP contribution in [0.25, 0.3) is 17.0 Å². The zero-order valence-corrected chi connectivity index (χ0v) is 21.1. The van der Waals surface area contributed by atoms with Gasteiger partial charge < -0.3 is 14.5 Å². The van der Waals surface area contributed by atoms with Crippen molar-refractivity contribution in [3.05, 3.63) is 70.9 Å². The van der Waals surface area contributed by atoms with E-state index < -0.39 is 15.6 Å². The van der Waals surface area contributed by atoms with Gasteiger partial charge in [0.2, 0.25) is 5.91 Å². The van der Waals surface area contributed by atoms with Crippen molar-refractivity contribution in [3.63, 3.8) is 0 Å². The summed E-state index contributed by atoms with van der Waals surface area (Å²) in [5.41, 5.74) is -0.728. The van der Waals surface area contributed by atoms with Crippen LogP contribution in [-0.2, 0) is 27.9 Å². The quantitative estimate of drug-likeness (QED) is 0.180. The van der Waals surface area contributed by atoms with Gasteiger partial charge in [-0.05, 0) is 73.7 Å². The standard InChI is InChI=1S/C26H28F3N3O4S/c1-18-5-4-6-20-15-22(31-25(18)20)8-10-24(33)30-12-2-3-13-32-14-11-19-7-9-23(16-21(19)17-32)36-37(34,35)26(27,28)29/h4-10,15-16,31H,2-3,11-14,17H2,1H3,(H,30,33)/b10-8+. The first-order valence-electron chi connectivity index (χ1n) is 11.9. The number of nitrogens with zero attached hydrogens (tertiary/aromatic N) is 1. The van der Waals surface area contributed by atoms with Crippen molar-refractivity contribution >= 4 is 33.0 Å². The molecule has 2 N–H and O–H groups in total. The third kappa shape index (κ3) is 6.72. The van der Waals surface area contributed by atoms with Crippen LogP contribution in [0.15, 0.2) is 48.5 Å². The van der Waals surface area contributed by atoms with Crippen LogP contribution >= 0.6 is 0 Å². The predicted octanol–water partition coefficient (Wildman–Crippen LogP) is 4.67. The third-order valence-corrected chi connectivity index (χ3v) is 7.24. The Balaban J connectivity index is 1.20. The first-order valence-corrected chi connectivity index (χ1v) is 13.3. The summed E-state index contributed by atoms with van der Waals surface area (Å²) in [5.74, 6) is -0.528. The fraction of sp³-hybridized carbons (Fsp3) is 0.346. The summed E-state index contributed by atoms with van der Waals surface area (Å²) < 4.78 is 64.6. The molecule has 11 heteroatoms. The lowest BCUT2D eigenvalue weighted by molar-refractivity contribution is -0.116. The molecular formula is C26H28F3N3O4S. The van der Waals surface area contributed by atoms with Crippen molar-refractivity contribution in [1.29, 1.82) is 0 Å². The van der Waals surface area contributed by atoms with Gasteiger partial charge in [-0.1, -0.05) is 24.3 Å². The van der Waals surface area contributed by atoms with Crippen molar-refractivity contribution in [3.8, 4) is 5.75 Å². The first-order chi connectivity index (χ1) is 17.5. The van der Waals surface area contributed by atoms with Gasteiger partial charge >= 0.3 is 15.6 Å². The second kappa shape index (κ2) is 11.0. The summed E-state index contributed by atoms with van der Waals surface area (Å²) in [4.78, 5) is 17.6. The van der Waals surface area contributed by atoms with Crippen LogP contribution in [0.2, 0.25) is 0 Å². The van der Waals surface area contributed by atoms with Gasteiger partial charge in [-0.15, -0.1) is 0 Å². The molecule has 2 aromatic carbocycles. The number of carbonyl (C=O) groups is 1. The predicted molar refractivity (Wildman–Crippen MR) is 135 cm³/mol. The van der Waals surface area contributed by atoms with E-state index in [0.29, 0.717) is 19.5 Å². The summed E-state index contributed by atoms with van der Waals surface area (Å²) in [6.07, 6.45) is 5.54. The Morgan fingerprint density at radius 3 is 2.73 bits per heavy atom. The van der Waals surface area contributed by atoms with Crippen LogP contribution in [0.1, 0.15) is 35.2 Å². The molecule has 2 heterocycles. The fourth-order valence-corrected chi connectivity index (χ4v) is 4.78.